The van der Waals surface area contributed by atoms with Crippen molar-refractivity contribution in [3.63, 3.8) is 0 Å². The molecular formula is C15H16NO3P. The first-order valence-corrected chi connectivity index (χ1v) is 8.12. The molecule has 0 aliphatic carbocycles. The number of rotatable bonds is 5. The molecule has 2 aromatic carbocycles. The first-order chi connectivity index (χ1) is 9.54. The molecule has 2 aromatic rings. The number of carboxylic acid groups (broad SMARTS) is 1. The zero-order valence-corrected chi connectivity index (χ0v) is 11.7. The minimum Gasteiger partial charge on any atom is -0.480 e. The quantitative estimate of drug-likeness (QED) is 0.816. The standard InChI is InChI=1S/C15H16NO3P/c16-14(15(17)18)11-20(19,12-7-3-1-4-8-12)13-9-5-2-6-10-13/h1-10,14H,11,16H2,(H,17,18). The first kappa shape index (κ1) is 14.5. The topological polar surface area (TPSA) is 80.4 Å². The molecule has 0 amide bonds. The molecule has 0 aliphatic rings. The SMILES string of the molecule is NC(CP(=O)(c1ccccc1)c1ccccc1)C(=O)O. The lowest BCUT2D eigenvalue weighted by Crippen LogP contribution is -2.37. The van der Waals surface area contributed by atoms with Gasteiger partial charge in [-0.3, -0.25) is 4.79 Å². The van der Waals surface area contributed by atoms with E-state index in [1.54, 1.807) is 48.5 Å². The van der Waals surface area contributed by atoms with Crippen LogP contribution < -0.4 is 16.3 Å². The fraction of sp³-hybridized carbons (Fsp3) is 0.133. The number of carboxylic acids is 1. The molecular weight excluding hydrogens is 273 g/mol. The third kappa shape index (κ3) is 2.98. The van der Waals surface area contributed by atoms with Gasteiger partial charge in [-0.15, -0.1) is 0 Å². The lowest BCUT2D eigenvalue weighted by Gasteiger charge is -2.21. The van der Waals surface area contributed by atoms with Gasteiger partial charge in [-0.25, -0.2) is 0 Å². The van der Waals surface area contributed by atoms with E-state index < -0.39 is 19.2 Å². The summed E-state index contributed by atoms with van der Waals surface area (Å²) in [5, 5.41) is 10.2. The second kappa shape index (κ2) is 6.04. The fourth-order valence-corrected chi connectivity index (χ4v) is 4.79. The van der Waals surface area contributed by atoms with Gasteiger partial charge in [0.05, 0.1) is 0 Å². The summed E-state index contributed by atoms with van der Waals surface area (Å²) in [7, 11) is -3.04. The van der Waals surface area contributed by atoms with Crippen LogP contribution in [0.2, 0.25) is 0 Å². The average molecular weight is 289 g/mol. The van der Waals surface area contributed by atoms with Crippen molar-refractivity contribution < 1.29 is 14.5 Å². The molecule has 1 unspecified atom stereocenters. The number of aliphatic carboxylic acids is 1. The van der Waals surface area contributed by atoms with Gasteiger partial charge < -0.3 is 15.4 Å². The third-order valence-corrected chi connectivity index (χ3v) is 6.29. The maximum atomic E-state index is 13.4. The summed E-state index contributed by atoms with van der Waals surface area (Å²) in [5.41, 5.74) is 5.61. The summed E-state index contributed by atoms with van der Waals surface area (Å²) >= 11 is 0. The fourth-order valence-electron chi connectivity index (χ4n) is 2.05. The molecule has 0 aliphatic heterocycles. The van der Waals surface area contributed by atoms with Crippen molar-refractivity contribution >= 4 is 23.7 Å². The van der Waals surface area contributed by atoms with Crippen LogP contribution >= 0.6 is 7.14 Å². The minimum absolute atomic E-state index is 0.0869. The molecule has 0 saturated carbocycles. The van der Waals surface area contributed by atoms with Gasteiger partial charge in [0.25, 0.3) is 0 Å². The van der Waals surface area contributed by atoms with Crippen LogP contribution in [0.1, 0.15) is 0 Å². The highest BCUT2D eigenvalue weighted by Gasteiger charge is 2.31. The third-order valence-electron chi connectivity index (χ3n) is 3.12. The van der Waals surface area contributed by atoms with E-state index in [4.69, 9.17) is 10.8 Å². The maximum absolute atomic E-state index is 13.4. The van der Waals surface area contributed by atoms with Crippen LogP contribution in [0.5, 0.6) is 0 Å². The lowest BCUT2D eigenvalue weighted by atomic mass is 10.4. The van der Waals surface area contributed by atoms with Crippen molar-refractivity contribution in [3.05, 3.63) is 60.7 Å². The van der Waals surface area contributed by atoms with Crippen molar-refractivity contribution in [2.75, 3.05) is 6.16 Å². The summed E-state index contributed by atoms with van der Waals surface area (Å²) in [4.78, 5) is 11.0. The van der Waals surface area contributed by atoms with Crippen LogP contribution in [0.4, 0.5) is 0 Å². The van der Waals surface area contributed by atoms with Crippen molar-refractivity contribution in [2.24, 2.45) is 5.73 Å². The minimum atomic E-state index is -3.04. The summed E-state index contributed by atoms with van der Waals surface area (Å²) in [6.07, 6.45) is -0.0869. The zero-order valence-electron chi connectivity index (χ0n) is 10.8. The smallest absolute Gasteiger partial charge is 0.320 e. The molecule has 0 aromatic heterocycles. The molecule has 0 fully saturated rings. The Morgan fingerprint density at radius 2 is 1.40 bits per heavy atom. The van der Waals surface area contributed by atoms with Gasteiger partial charge in [0.15, 0.2) is 0 Å². The van der Waals surface area contributed by atoms with E-state index in [-0.39, 0.29) is 6.16 Å². The zero-order chi connectivity index (χ0) is 14.6. The van der Waals surface area contributed by atoms with Gasteiger partial charge in [-0.2, -0.15) is 0 Å². The van der Waals surface area contributed by atoms with Gasteiger partial charge >= 0.3 is 5.97 Å². The summed E-state index contributed by atoms with van der Waals surface area (Å²) in [6, 6.07) is 16.7. The van der Waals surface area contributed by atoms with Crippen molar-refractivity contribution in [2.45, 2.75) is 6.04 Å². The van der Waals surface area contributed by atoms with Gasteiger partial charge in [0, 0.05) is 16.8 Å². The Hall–Kier alpha value is -1.90. The summed E-state index contributed by atoms with van der Waals surface area (Å²) in [5.74, 6) is -1.14. The molecule has 0 heterocycles. The summed E-state index contributed by atoms with van der Waals surface area (Å²) < 4.78 is 13.4. The lowest BCUT2D eigenvalue weighted by molar-refractivity contribution is -0.137. The molecule has 5 heteroatoms. The highest BCUT2D eigenvalue weighted by molar-refractivity contribution is 7.78. The van der Waals surface area contributed by atoms with Crippen molar-refractivity contribution in [1.29, 1.82) is 0 Å². The molecule has 0 radical (unpaired) electrons. The van der Waals surface area contributed by atoms with E-state index in [2.05, 4.69) is 0 Å². The van der Waals surface area contributed by atoms with Gasteiger partial charge in [-0.05, 0) is 0 Å². The van der Waals surface area contributed by atoms with Crippen LogP contribution in [0, 0.1) is 0 Å². The van der Waals surface area contributed by atoms with Crippen LogP contribution in [-0.4, -0.2) is 23.3 Å². The van der Waals surface area contributed by atoms with Gasteiger partial charge in [-0.1, -0.05) is 60.7 Å². The van der Waals surface area contributed by atoms with Crippen LogP contribution in [0.3, 0.4) is 0 Å². The van der Waals surface area contributed by atoms with E-state index in [1.165, 1.54) is 0 Å². The van der Waals surface area contributed by atoms with Crippen LogP contribution in [0.15, 0.2) is 60.7 Å². The summed E-state index contributed by atoms with van der Waals surface area (Å²) in [6.45, 7) is 0. The number of hydrogen-bond donors (Lipinski definition) is 2. The molecule has 0 bridgehead atoms. The largest absolute Gasteiger partial charge is 0.480 e. The van der Waals surface area contributed by atoms with Crippen molar-refractivity contribution in [1.82, 2.24) is 0 Å². The van der Waals surface area contributed by atoms with E-state index >= 15 is 0 Å². The second-order valence-electron chi connectivity index (χ2n) is 4.54. The van der Waals surface area contributed by atoms with Gasteiger partial charge in [0.2, 0.25) is 0 Å². The Balaban J connectivity index is 2.50. The van der Waals surface area contributed by atoms with E-state index in [1.807, 2.05) is 12.1 Å². The molecule has 4 nitrogen and oxygen atoms in total. The van der Waals surface area contributed by atoms with E-state index in [0.717, 1.165) is 0 Å². The number of nitrogens with two attached hydrogens (primary N) is 1. The highest BCUT2D eigenvalue weighted by atomic mass is 31.2. The molecule has 104 valence electrons. The van der Waals surface area contributed by atoms with Gasteiger partial charge in [0.1, 0.15) is 13.2 Å². The predicted octanol–water partition coefficient (Wildman–Crippen LogP) is 1.41. The monoisotopic (exact) mass is 289 g/mol. The number of benzene rings is 2. The number of carbonyl (C=O) groups is 1. The van der Waals surface area contributed by atoms with Crippen LogP contribution in [0.25, 0.3) is 0 Å². The van der Waals surface area contributed by atoms with Crippen LogP contribution in [-0.2, 0) is 9.36 Å². The Labute approximate surface area is 117 Å². The molecule has 0 spiro atoms. The Bertz CT molecular complexity index is 585. The average Bonchev–Trinajstić information content (AvgIpc) is 2.48. The Kier molecular flexibility index (Phi) is 4.38. The first-order valence-electron chi connectivity index (χ1n) is 6.23. The van der Waals surface area contributed by atoms with E-state index in [9.17, 15) is 9.36 Å². The highest BCUT2D eigenvalue weighted by Crippen LogP contribution is 2.43. The Morgan fingerprint density at radius 1 is 1.00 bits per heavy atom. The predicted molar refractivity (Wildman–Crippen MR) is 80.2 cm³/mol. The maximum Gasteiger partial charge on any atom is 0.320 e. The van der Waals surface area contributed by atoms with Crippen molar-refractivity contribution in [3.8, 4) is 0 Å². The second-order valence-corrected chi connectivity index (χ2v) is 7.42. The molecule has 3 N–H and O–H groups in total. The molecule has 2 rings (SSSR count). The van der Waals surface area contributed by atoms with E-state index in [0.29, 0.717) is 10.6 Å². The normalized spacial score (nSPS) is 12.8. The Morgan fingerprint density at radius 3 is 1.75 bits per heavy atom. The molecule has 1 atom stereocenters. The molecule has 0 saturated heterocycles. The molecule has 20 heavy (non-hydrogen) atoms. The number of hydrogen-bond acceptors (Lipinski definition) is 3.